The number of aliphatic hydroxyl groups is 1. The van der Waals surface area contributed by atoms with Crippen molar-refractivity contribution in [3.63, 3.8) is 0 Å². The summed E-state index contributed by atoms with van der Waals surface area (Å²) in [5.74, 6) is 0. The van der Waals surface area contributed by atoms with Crippen molar-refractivity contribution >= 4 is 18.4 Å². The Hall–Kier alpha value is -2.03. The zero-order chi connectivity index (χ0) is 28.3. The molecule has 208 valence electrons. The smallest absolute Gasteiger partial charge is 0.332 e. The van der Waals surface area contributed by atoms with Crippen molar-refractivity contribution in [3.8, 4) is 0 Å². The van der Waals surface area contributed by atoms with E-state index in [0.717, 1.165) is 10.1 Å². The molecule has 1 spiro atoms. The summed E-state index contributed by atoms with van der Waals surface area (Å²) in [6.45, 7) is 14.5. The quantitative estimate of drug-likeness (QED) is 0.303. The normalized spacial score (nSPS) is 27.8. The van der Waals surface area contributed by atoms with E-state index in [1.54, 1.807) is 13.0 Å². The molecule has 11 nitrogen and oxygen atoms in total. The predicted molar refractivity (Wildman–Crippen MR) is 142 cm³/mol. The number of nitrogens with zero attached hydrogens (tertiary/aromatic N) is 2. The summed E-state index contributed by atoms with van der Waals surface area (Å²) in [4.78, 5) is 25.5. The van der Waals surface area contributed by atoms with Crippen molar-refractivity contribution in [1.82, 2.24) is 9.13 Å². The Morgan fingerprint density at radius 1 is 1.30 bits per heavy atom. The zero-order valence-corrected chi connectivity index (χ0v) is 24.8. The van der Waals surface area contributed by atoms with Crippen molar-refractivity contribution in [3.05, 3.63) is 54.8 Å². The summed E-state index contributed by atoms with van der Waals surface area (Å²) >= 11 is 0. The summed E-state index contributed by atoms with van der Waals surface area (Å²) in [6.07, 6.45) is -0.672. The molecule has 2 aliphatic rings. The number of allylic oxidation sites excluding steroid dienone is 3. The molecule has 3 heterocycles. The molecule has 1 aromatic heterocycles. The third kappa shape index (κ3) is 4.81. The van der Waals surface area contributed by atoms with E-state index in [0.29, 0.717) is 0 Å². The highest BCUT2D eigenvalue weighted by Gasteiger charge is 2.68. The zero-order valence-electron chi connectivity index (χ0n) is 23.0. The van der Waals surface area contributed by atoms with Gasteiger partial charge >= 0.3 is 5.69 Å². The van der Waals surface area contributed by atoms with Crippen LogP contribution in [0.4, 0.5) is 0 Å². The van der Waals surface area contributed by atoms with Gasteiger partial charge in [-0.3, -0.25) is 13.9 Å². The average molecular weight is 558 g/mol. The van der Waals surface area contributed by atoms with E-state index in [-0.39, 0.29) is 27.6 Å². The minimum Gasteiger partial charge on any atom is -0.406 e. The van der Waals surface area contributed by atoms with E-state index in [1.807, 2.05) is 47.7 Å². The van der Waals surface area contributed by atoms with E-state index < -0.39 is 60.3 Å². The summed E-state index contributed by atoms with van der Waals surface area (Å²) < 4.78 is 47.4. The summed E-state index contributed by atoms with van der Waals surface area (Å²) in [6, 6.07) is 0. The van der Waals surface area contributed by atoms with Crippen molar-refractivity contribution in [2.45, 2.75) is 90.1 Å². The molecule has 1 fully saturated rings. The molecule has 0 saturated carbocycles. The van der Waals surface area contributed by atoms with Crippen molar-refractivity contribution in [1.29, 1.82) is 0 Å². The molecule has 37 heavy (non-hydrogen) atoms. The minimum atomic E-state index is -4.32. The number of aliphatic hydroxyl groups excluding tert-OH is 1. The van der Waals surface area contributed by atoms with E-state index in [1.165, 1.54) is 17.8 Å². The Kier molecular flexibility index (Phi) is 7.67. The second-order valence-electron chi connectivity index (χ2n) is 11.5. The van der Waals surface area contributed by atoms with Crippen molar-refractivity contribution in [2.24, 2.45) is 12.8 Å². The van der Waals surface area contributed by atoms with Crippen LogP contribution in [0.2, 0.25) is 18.1 Å². The fourth-order valence-electron chi connectivity index (χ4n) is 4.36. The van der Waals surface area contributed by atoms with Crippen LogP contribution in [0.5, 0.6) is 0 Å². The highest BCUT2D eigenvalue weighted by Crippen LogP contribution is 2.53. The maximum Gasteiger partial charge on any atom is 0.332 e. The molecular formula is C24H39N3O8SSi. The topological polar surface area (TPSA) is 152 Å². The second-order valence-corrected chi connectivity index (χ2v) is 17.8. The fraction of sp³-hybridized carbons (Fsp3) is 0.667. The number of ether oxygens (including phenoxy) is 1. The number of aryl methyl sites for hydroxylation is 1. The minimum absolute atomic E-state index is 0.00717. The van der Waals surface area contributed by atoms with E-state index in [9.17, 15) is 23.1 Å². The van der Waals surface area contributed by atoms with Gasteiger partial charge in [-0.25, -0.2) is 8.98 Å². The molecule has 0 unspecified atom stereocenters. The maximum absolute atomic E-state index is 13.3. The van der Waals surface area contributed by atoms with Crippen LogP contribution in [-0.2, 0) is 30.5 Å². The molecule has 13 heteroatoms. The predicted octanol–water partition coefficient (Wildman–Crippen LogP) is 1.76. The lowest BCUT2D eigenvalue weighted by molar-refractivity contribution is -0.0591. The Balaban J connectivity index is 2.35. The van der Waals surface area contributed by atoms with Gasteiger partial charge in [0.2, 0.25) is 0 Å². The highest BCUT2D eigenvalue weighted by molar-refractivity contribution is 7.91. The monoisotopic (exact) mass is 557 g/mol. The molecular weight excluding hydrogens is 518 g/mol. The van der Waals surface area contributed by atoms with Crippen LogP contribution in [0, 0.1) is 6.92 Å². The first kappa shape index (κ1) is 29.5. The number of hydrogen-bond donors (Lipinski definition) is 2. The standard InChI is InChI=1S/C24H39N3O8SSi/c1-14(2)10-11-16-18(25)24(35-36(16,31)32)17(13-28)33-21(19(24)34-37(8,9)23(4,5)6)27-12-15(3)20(29)26(7)22(27)30/h10,12,17,19,21,28H,11,13,25H2,1-9H3/t17-,19+,21-,24+/m1/s1. The van der Waals surface area contributed by atoms with Crippen LogP contribution < -0.4 is 17.0 Å². The van der Waals surface area contributed by atoms with Crippen LogP contribution in [-0.4, -0.2) is 55.4 Å². The Labute approximate surface area is 218 Å². The van der Waals surface area contributed by atoms with Gasteiger partial charge in [0.1, 0.15) is 12.2 Å². The summed E-state index contributed by atoms with van der Waals surface area (Å²) in [5, 5.41) is 10.1. The van der Waals surface area contributed by atoms with Crippen LogP contribution in [0.25, 0.3) is 0 Å². The van der Waals surface area contributed by atoms with E-state index >= 15 is 0 Å². The fourth-order valence-corrected chi connectivity index (χ4v) is 7.11. The molecule has 0 aliphatic carbocycles. The first-order chi connectivity index (χ1) is 16.8. The first-order valence-corrected chi connectivity index (χ1v) is 16.4. The van der Waals surface area contributed by atoms with Crippen LogP contribution in [0.3, 0.4) is 0 Å². The summed E-state index contributed by atoms with van der Waals surface area (Å²) in [5.41, 5.74) is 4.53. The van der Waals surface area contributed by atoms with Crippen molar-refractivity contribution < 1.29 is 26.9 Å². The Morgan fingerprint density at radius 3 is 2.41 bits per heavy atom. The lowest BCUT2D eigenvalue weighted by Crippen LogP contribution is -2.58. The van der Waals surface area contributed by atoms with Gasteiger partial charge in [0.15, 0.2) is 20.1 Å². The van der Waals surface area contributed by atoms with Gasteiger partial charge in [0.05, 0.1) is 17.2 Å². The third-order valence-electron chi connectivity index (χ3n) is 7.58. The number of hydrogen-bond acceptors (Lipinski definition) is 9. The highest BCUT2D eigenvalue weighted by atomic mass is 32.2. The molecule has 4 atom stereocenters. The molecule has 0 bridgehead atoms. The van der Waals surface area contributed by atoms with Gasteiger partial charge in [-0.05, 0) is 38.9 Å². The van der Waals surface area contributed by atoms with Crippen LogP contribution in [0.1, 0.15) is 52.8 Å². The largest absolute Gasteiger partial charge is 0.406 e. The molecule has 0 aromatic carbocycles. The molecule has 1 saturated heterocycles. The molecule has 3 N–H and O–H groups in total. The van der Waals surface area contributed by atoms with E-state index in [2.05, 4.69) is 0 Å². The number of rotatable bonds is 6. The Bertz CT molecular complexity index is 1370. The average Bonchev–Trinajstić information content (AvgIpc) is 3.16. The van der Waals surface area contributed by atoms with Gasteiger partial charge in [-0.1, -0.05) is 32.4 Å². The van der Waals surface area contributed by atoms with Gasteiger partial charge < -0.3 is 20.0 Å². The number of nitrogens with two attached hydrogens (primary N) is 1. The molecule has 1 aromatic rings. The Morgan fingerprint density at radius 2 is 1.89 bits per heavy atom. The molecule has 0 amide bonds. The van der Waals surface area contributed by atoms with Gasteiger partial charge in [-0.2, -0.15) is 8.42 Å². The van der Waals surface area contributed by atoms with Crippen LogP contribution in [0.15, 0.2) is 38.0 Å². The second kappa shape index (κ2) is 9.61. The van der Waals surface area contributed by atoms with Crippen LogP contribution >= 0.6 is 0 Å². The first-order valence-electron chi connectivity index (χ1n) is 12.1. The van der Waals surface area contributed by atoms with Gasteiger partial charge in [0.25, 0.3) is 15.7 Å². The lowest BCUT2D eigenvalue weighted by Gasteiger charge is -2.43. The third-order valence-corrected chi connectivity index (χ3v) is 13.5. The van der Waals surface area contributed by atoms with E-state index in [4.69, 9.17) is 19.1 Å². The maximum atomic E-state index is 13.3. The SMILES string of the molecule is CC(C)=CCC1=C(N)[C@@]2(OS1(=O)=O)[C@@H](CO)O[C@@H](n1cc(C)c(=O)n(C)c1=O)[C@@H]2O[Si](C)(C)C(C)(C)C. The molecule has 2 aliphatic heterocycles. The lowest BCUT2D eigenvalue weighted by atomic mass is 9.88. The summed E-state index contributed by atoms with van der Waals surface area (Å²) in [7, 11) is -5.66. The van der Waals surface area contributed by atoms with Crippen molar-refractivity contribution in [2.75, 3.05) is 6.61 Å². The molecule has 3 rings (SSSR count). The van der Waals surface area contributed by atoms with Gasteiger partial charge in [-0.15, -0.1) is 0 Å². The van der Waals surface area contributed by atoms with Gasteiger partial charge in [0, 0.05) is 25.2 Å². The molecule has 0 radical (unpaired) electrons. The number of aromatic nitrogens is 2.